The Morgan fingerprint density at radius 1 is 1.05 bits per heavy atom. The van der Waals surface area contributed by atoms with Crippen molar-refractivity contribution in [2.24, 2.45) is 0 Å². The lowest BCUT2D eigenvalue weighted by Crippen LogP contribution is -2.33. The van der Waals surface area contributed by atoms with E-state index < -0.39 is 0 Å². The topological polar surface area (TPSA) is 20.3 Å². The average molecular weight is 412 g/mol. The fourth-order valence-electron chi connectivity index (χ4n) is 2.68. The monoisotopic (exact) mass is 411 g/mol. The highest BCUT2D eigenvalue weighted by Crippen LogP contribution is 2.22. The van der Waals surface area contributed by atoms with Crippen LogP contribution in [0.2, 0.25) is 5.02 Å². The molecule has 0 saturated heterocycles. The number of rotatable bonds is 1. The van der Waals surface area contributed by atoms with Gasteiger partial charge in [-0.3, -0.25) is 4.79 Å². The smallest absolute Gasteiger partial charge is 0.253 e. The molecule has 0 fully saturated rings. The molecule has 1 aliphatic heterocycles. The van der Waals surface area contributed by atoms with Gasteiger partial charge >= 0.3 is 0 Å². The van der Waals surface area contributed by atoms with Crippen LogP contribution in [0.25, 0.3) is 0 Å². The van der Waals surface area contributed by atoms with Crippen LogP contribution in [0.5, 0.6) is 0 Å². The maximum absolute atomic E-state index is 12.6. The van der Waals surface area contributed by atoms with Gasteiger partial charge < -0.3 is 4.90 Å². The van der Waals surface area contributed by atoms with Crippen molar-refractivity contribution >= 4 is 40.1 Å². The number of nitrogens with zero attached hydrogens (tertiary/aromatic N) is 1. The molecule has 2 aromatic rings. The highest BCUT2D eigenvalue weighted by atomic mass is 127. The van der Waals surface area contributed by atoms with E-state index in [1.165, 1.54) is 11.1 Å². The second-order valence-electron chi connectivity index (χ2n) is 5.19. The van der Waals surface area contributed by atoms with Crippen molar-refractivity contribution in [2.75, 3.05) is 13.1 Å². The van der Waals surface area contributed by atoms with E-state index in [2.05, 4.69) is 46.9 Å². The third-order valence-corrected chi connectivity index (χ3v) is 5.45. The van der Waals surface area contributed by atoms with Crippen LogP contribution >= 0.6 is 34.2 Å². The summed E-state index contributed by atoms with van der Waals surface area (Å²) in [4.78, 5) is 14.6. The number of carbonyl (C=O) groups is 1. The molecular weight excluding hydrogens is 397 g/mol. The Labute approximate surface area is 143 Å². The zero-order chi connectivity index (χ0) is 14.8. The normalized spacial score (nSPS) is 14.5. The molecule has 0 N–H and O–H groups in total. The van der Waals surface area contributed by atoms with Crippen LogP contribution in [0.3, 0.4) is 0 Å². The summed E-state index contributed by atoms with van der Waals surface area (Å²) in [7, 11) is 0. The van der Waals surface area contributed by atoms with Gasteiger partial charge in [0.05, 0.1) is 5.02 Å². The molecule has 0 saturated carbocycles. The minimum Gasteiger partial charge on any atom is -0.338 e. The van der Waals surface area contributed by atoms with Gasteiger partial charge in [-0.2, -0.15) is 0 Å². The minimum atomic E-state index is 0.0705. The number of halogens is 2. The number of carbonyl (C=O) groups excluding carboxylic acids is 1. The van der Waals surface area contributed by atoms with Crippen LogP contribution in [0.15, 0.2) is 42.5 Å². The molecule has 0 unspecified atom stereocenters. The van der Waals surface area contributed by atoms with E-state index in [1.54, 1.807) is 6.07 Å². The van der Waals surface area contributed by atoms with E-state index >= 15 is 0 Å². The first-order chi connectivity index (χ1) is 10.1. The van der Waals surface area contributed by atoms with Crippen LogP contribution in [-0.2, 0) is 12.8 Å². The maximum atomic E-state index is 12.6. The molecule has 0 aliphatic carbocycles. The SMILES string of the molecule is O=C(c1ccc(I)c(Cl)c1)N1CCc2ccccc2CC1. The standard InChI is InChI=1S/C17H15ClINO/c18-15-11-14(5-6-16(15)19)17(21)20-9-7-12-3-1-2-4-13(12)8-10-20/h1-6,11H,7-10H2. The first kappa shape index (κ1) is 14.9. The van der Waals surface area contributed by atoms with Crippen LogP contribution < -0.4 is 0 Å². The molecule has 108 valence electrons. The molecule has 1 heterocycles. The second kappa shape index (κ2) is 6.36. The van der Waals surface area contributed by atoms with Gasteiger partial charge in [-0.05, 0) is 64.8 Å². The van der Waals surface area contributed by atoms with Gasteiger partial charge in [0.25, 0.3) is 5.91 Å². The third kappa shape index (κ3) is 3.24. The Balaban J connectivity index is 1.79. The lowest BCUT2D eigenvalue weighted by atomic mass is 10.0. The van der Waals surface area contributed by atoms with Gasteiger partial charge in [0.1, 0.15) is 0 Å². The van der Waals surface area contributed by atoms with Crippen molar-refractivity contribution < 1.29 is 4.79 Å². The van der Waals surface area contributed by atoms with Gasteiger partial charge in [0.15, 0.2) is 0 Å². The zero-order valence-corrected chi connectivity index (χ0v) is 14.4. The molecular formula is C17H15ClINO. The van der Waals surface area contributed by atoms with Crippen molar-refractivity contribution in [3.8, 4) is 0 Å². The Morgan fingerprint density at radius 3 is 2.24 bits per heavy atom. The lowest BCUT2D eigenvalue weighted by molar-refractivity contribution is 0.0763. The van der Waals surface area contributed by atoms with Crippen molar-refractivity contribution in [3.05, 3.63) is 67.7 Å². The highest BCUT2D eigenvalue weighted by Gasteiger charge is 2.20. The summed E-state index contributed by atoms with van der Waals surface area (Å²) < 4.78 is 0.967. The fourth-order valence-corrected chi connectivity index (χ4v) is 3.20. The first-order valence-corrected chi connectivity index (χ1v) is 8.42. The van der Waals surface area contributed by atoms with Gasteiger partial charge in [-0.15, -0.1) is 0 Å². The van der Waals surface area contributed by atoms with Crippen LogP contribution in [0.4, 0.5) is 0 Å². The number of hydrogen-bond acceptors (Lipinski definition) is 1. The van der Waals surface area contributed by atoms with E-state index in [-0.39, 0.29) is 5.91 Å². The van der Waals surface area contributed by atoms with E-state index in [9.17, 15) is 4.79 Å². The van der Waals surface area contributed by atoms with E-state index in [1.807, 2.05) is 17.0 Å². The number of amides is 1. The summed E-state index contributed by atoms with van der Waals surface area (Å²) in [6, 6.07) is 14.0. The van der Waals surface area contributed by atoms with E-state index in [4.69, 9.17) is 11.6 Å². The van der Waals surface area contributed by atoms with Crippen molar-refractivity contribution in [1.29, 1.82) is 0 Å². The molecule has 1 aliphatic rings. The lowest BCUT2D eigenvalue weighted by Gasteiger charge is -2.20. The first-order valence-electron chi connectivity index (χ1n) is 6.96. The summed E-state index contributed by atoms with van der Waals surface area (Å²) in [6.45, 7) is 1.53. The molecule has 2 aromatic carbocycles. The number of benzene rings is 2. The van der Waals surface area contributed by atoms with Crippen LogP contribution in [0.1, 0.15) is 21.5 Å². The largest absolute Gasteiger partial charge is 0.338 e. The Morgan fingerprint density at radius 2 is 1.67 bits per heavy atom. The highest BCUT2D eigenvalue weighted by molar-refractivity contribution is 14.1. The fraction of sp³-hybridized carbons (Fsp3) is 0.235. The molecule has 4 heteroatoms. The number of fused-ring (bicyclic) bond motifs is 1. The molecule has 3 rings (SSSR count). The van der Waals surface area contributed by atoms with Crippen molar-refractivity contribution in [1.82, 2.24) is 4.90 Å². The molecule has 0 aromatic heterocycles. The maximum Gasteiger partial charge on any atom is 0.253 e. The predicted molar refractivity (Wildman–Crippen MR) is 93.9 cm³/mol. The molecule has 0 bridgehead atoms. The Bertz CT molecular complexity index is 659. The average Bonchev–Trinajstić information content (AvgIpc) is 2.72. The minimum absolute atomic E-state index is 0.0705. The van der Waals surface area contributed by atoms with E-state index in [0.717, 1.165) is 29.5 Å². The zero-order valence-electron chi connectivity index (χ0n) is 11.5. The van der Waals surface area contributed by atoms with Crippen LogP contribution in [-0.4, -0.2) is 23.9 Å². The molecule has 0 spiro atoms. The molecule has 2 nitrogen and oxygen atoms in total. The molecule has 21 heavy (non-hydrogen) atoms. The second-order valence-corrected chi connectivity index (χ2v) is 6.76. The Kier molecular flexibility index (Phi) is 4.50. The number of hydrogen-bond donors (Lipinski definition) is 0. The summed E-state index contributed by atoms with van der Waals surface area (Å²) in [5.74, 6) is 0.0705. The molecule has 0 radical (unpaired) electrons. The summed E-state index contributed by atoms with van der Waals surface area (Å²) >= 11 is 8.29. The predicted octanol–water partition coefficient (Wildman–Crippen LogP) is 4.19. The third-order valence-electron chi connectivity index (χ3n) is 3.87. The molecule has 1 amide bonds. The van der Waals surface area contributed by atoms with Crippen molar-refractivity contribution in [2.45, 2.75) is 12.8 Å². The van der Waals surface area contributed by atoms with Gasteiger partial charge in [0.2, 0.25) is 0 Å². The Hall–Kier alpha value is -1.07. The van der Waals surface area contributed by atoms with Gasteiger partial charge in [-0.25, -0.2) is 0 Å². The summed E-state index contributed by atoms with van der Waals surface area (Å²) in [5, 5.41) is 0.638. The van der Waals surface area contributed by atoms with Crippen molar-refractivity contribution in [3.63, 3.8) is 0 Å². The summed E-state index contributed by atoms with van der Waals surface area (Å²) in [5.41, 5.74) is 3.38. The van der Waals surface area contributed by atoms with E-state index in [0.29, 0.717) is 10.6 Å². The van der Waals surface area contributed by atoms with Gasteiger partial charge in [0, 0.05) is 22.2 Å². The quantitative estimate of drug-likeness (QED) is 0.645. The molecule has 0 atom stereocenters. The van der Waals surface area contributed by atoms with Gasteiger partial charge in [-0.1, -0.05) is 35.9 Å². The summed E-state index contributed by atoms with van der Waals surface area (Å²) in [6.07, 6.45) is 1.83. The van der Waals surface area contributed by atoms with Crippen LogP contribution in [0, 0.1) is 3.57 Å².